The first kappa shape index (κ1) is 12.9. The number of carbonyl (C=O) groups is 1. The van der Waals surface area contributed by atoms with E-state index in [1.165, 1.54) is 5.56 Å². The minimum Gasteiger partial charge on any atom is -0.349 e. The molecule has 1 unspecified atom stereocenters. The topological polar surface area (TPSA) is 57.8 Å². The third kappa shape index (κ3) is 2.72. The lowest BCUT2D eigenvalue weighted by Crippen LogP contribution is -2.33. The van der Waals surface area contributed by atoms with E-state index in [1.54, 1.807) is 23.7 Å². The lowest BCUT2D eigenvalue weighted by Gasteiger charge is -2.13. The number of fused-ring (bicyclic) bond motifs is 1. The molecule has 1 amide bonds. The van der Waals surface area contributed by atoms with Crippen molar-refractivity contribution in [1.82, 2.24) is 15.3 Å². The molecule has 0 radical (unpaired) electrons. The molecule has 0 saturated heterocycles. The van der Waals surface area contributed by atoms with Crippen LogP contribution >= 0.6 is 11.3 Å². The van der Waals surface area contributed by atoms with Crippen molar-refractivity contribution in [1.29, 1.82) is 0 Å². The number of aromatic nitrogens is 2. The number of thiophene rings is 1. The molecule has 0 saturated carbocycles. The van der Waals surface area contributed by atoms with Crippen LogP contribution in [-0.4, -0.2) is 21.9 Å². The third-order valence-corrected chi connectivity index (χ3v) is 3.91. The smallest absolute Gasteiger partial charge is 0.251 e. The summed E-state index contributed by atoms with van der Waals surface area (Å²) in [5.41, 5.74) is 3.65. The van der Waals surface area contributed by atoms with E-state index in [4.69, 9.17) is 0 Å². The van der Waals surface area contributed by atoms with E-state index in [1.807, 2.05) is 19.1 Å². The number of nitrogens with zero attached hydrogens (tertiary/aromatic N) is 1. The number of hydrogen-bond acceptors (Lipinski definition) is 3. The van der Waals surface area contributed by atoms with Crippen molar-refractivity contribution in [2.75, 3.05) is 0 Å². The molecule has 102 valence electrons. The lowest BCUT2D eigenvalue weighted by atomic mass is 10.1. The Morgan fingerprint density at radius 2 is 2.35 bits per heavy atom. The average Bonchev–Trinajstić information content (AvgIpc) is 3.07. The summed E-state index contributed by atoms with van der Waals surface area (Å²) < 4.78 is 0. The molecule has 4 nitrogen and oxygen atoms in total. The van der Waals surface area contributed by atoms with E-state index in [2.05, 4.69) is 32.1 Å². The number of hydrogen-bond donors (Lipinski definition) is 2. The normalized spacial score (nSPS) is 12.4. The van der Waals surface area contributed by atoms with Crippen molar-refractivity contribution in [3.05, 3.63) is 52.5 Å². The van der Waals surface area contributed by atoms with Crippen molar-refractivity contribution in [2.45, 2.75) is 19.4 Å². The Morgan fingerprint density at radius 1 is 1.45 bits per heavy atom. The Morgan fingerprint density at radius 3 is 3.15 bits per heavy atom. The molecule has 5 heteroatoms. The standard InChI is InChI=1S/C15H15N3OS/c1-10(6-11-4-5-20-8-11)18-15(19)12-2-3-13-14(7-12)17-9-16-13/h2-5,7-10H,6H2,1H3,(H,16,17)(H,18,19). The fourth-order valence-corrected chi connectivity index (χ4v) is 2.88. The molecule has 0 aliphatic heterocycles. The second kappa shape index (κ2) is 5.46. The van der Waals surface area contributed by atoms with Gasteiger partial charge in [-0.05, 0) is 53.9 Å². The first-order chi connectivity index (χ1) is 9.72. The Kier molecular flexibility index (Phi) is 3.52. The van der Waals surface area contributed by atoms with Gasteiger partial charge in [0.15, 0.2) is 0 Å². The van der Waals surface area contributed by atoms with Gasteiger partial charge in [0.2, 0.25) is 0 Å². The van der Waals surface area contributed by atoms with E-state index >= 15 is 0 Å². The molecule has 3 aromatic rings. The summed E-state index contributed by atoms with van der Waals surface area (Å²) in [7, 11) is 0. The number of amides is 1. The van der Waals surface area contributed by atoms with Crippen molar-refractivity contribution in [3.63, 3.8) is 0 Å². The number of carbonyl (C=O) groups excluding carboxylic acids is 1. The predicted octanol–water partition coefficient (Wildman–Crippen LogP) is 2.99. The molecule has 2 aromatic heterocycles. The Hall–Kier alpha value is -2.14. The minimum absolute atomic E-state index is 0.0516. The highest BCUT2D eigenvalue weighted by atomic mass is 32.1. The zero-order valence-electron chi connectivity index (χ0n) is 11.1. The molecule has 0 fully saturated rings. The maximum atomic E-state index is 12.2. The van der Waals surface area contributed by atoms with E-state index in [-0.39, 0.29) is 11.9 Å². The largest absolute Gasteiger partial charge is 0.349 e. The van der Waals surface area contributed by atoms with Crippen LogP contribution in [0, 0.1) is 0 Å². The zero-order valence-corrected chi connectivity index (χ0v) is 11.9. The average molecular weight is 285 g/mol. The first-order valence-electron chi connectivity index (χ1n) is 6.47. The van der Waals surface area contributed by atoms with Crippen LogP contribution in [0.5, 0.6) is 0 Å². The predicted molar refractivity (Wildman–Crippen MR) is 81.0 cm³/mol. The summed E-state index contributed by atoms with van der Waals surface area (Å²) in [6.07, 6.45) is 2.48. The van der Waals surface area contributed by atoms with Crippen LogP contribution in [0.4, 0.5) is 0 Å². The van der Waals surface area contributed by atoms with Gasteiger partial charge in [0, 0.05) is 11.6 Å². The Labute approximate surface area is 120 Å². The van der Waals surface area contributed by atoms with Crippen molar-refractivity contribution in [3.8, 4) is 0 Å². The zero-order chi connectivity index (χ0) is 13.9. The SMILES string of the molecule is CC(Cc1ccsc1)NC(=O)c1ccc2nc[nH]c2c1. The third-order valence-electron chi connectivity index (χ3n) is 3.18. The quantitative estimate of drug-likeness (QED) is 0.774. The lowest BCUT2D eigenvalue weighted by molar-refractivity contribution is 0.0940. The summed E-state index contributed by atoms with van der Waals surface area (Å²) >= 11 is 1.68. The maximum Gasteiger partial charge on any atom is 0.251 e. The minimum atomic E-state index is -0.0516. The summed E-state index contributed by atoms with van der Waals surface area (Å²) in [4.78, 5) is 19.4. The van der Waals surface area contributed by atoms with Gasteiger partial charge in [-0.1, -0.05) is 0 Å². The Bertz CT molecular complexity index is 718. The molecular weight excluding hydrogens is 270 g/mol. The summed E-state index contributed by atoms with van der Waals surface area (Å²) in [6, 6.07) is 7.67. The van der Waals surface area contributed by atoms with E-state index < -0.39 is 0 Å². The first-order valence-corrected chi connectivity index (χ1v) is 7.42. The monoisotopic (exact) mass is 285 g/mol. The molecule has 20 heavy (non-hydrogen) atoms. The number of rotatable bonds is 4. The highest BCUT2D eigenvalue weighted by molar-refractivity contribution is 7.07. The summed E-state index contributed by atoms with van der Waals surface area (Å²) in [5.74, 6) is -0.0516. The van der Waals surface area contributed by atoms with Gasteiger partial charge in [-0.2, -0.15) is 11.3 Å². The van der Waals surface area contributed by atoms with Crippen LogP contribution in [0.2, 0.25) is 0 Å². The molecule has 2 heterocycles. The van der Waals surface area contributed by atoms with Crippen molar-refractivity contribution < 1.29 is 4.79 Å². The van der Waals surface area contributed by atoms with Crippen molar-refractivity contribution >= 4 is 28.3 Å². The van der Waals surface area contributed by atoms with E-state index in [0.717, 1.165) is 17.5 Å². The number of nitrogens with one attached hydrogen (secondary N) is 2. The maximum absolute atomic E-state index is 12.2. The van der Waals surface area contributed by atoms with Gasteiger partial charge < -0.3 is 10.3 Å². The van der Waals surface area contributed by atoms with Crippen LogP contribution in [-0.2, 0) is 6.42 Å². The van der Waals surface area contributed by atoms with Gasteiger partial charge in [0.25, 0.3) is 5.91 Å². The number of benzene rings is 1. The van der Waals surface area contributed by atoms with Gasteiger partial charge >= 0.3 is 0 Å². The van der Waals surface area contributed by atoms with E-state index in [0.29, 0.717) is 5.56 Å². The fraction of sp³-hybridized carbons (Fsp3) is 0.200. The van der Waals surface area contributed by atoms with Crippen molar-refractivity contribution in [2.24, 2.45) is 0 Å². The molecule has 2 N–H and O–H groups in total. The Balaban J connectivity index is 1.68. The fourth-order valence-electron chi connectivity index (χ4n) is 2.20. The second-order valence-electron chi connectivity index (χ2n) is 4.84. The van der Waals surface area contributed by atoms with Crippen LogP contribution in [0.15, 0.2) is 41.4 Å². The molecule has 3 rings (SSSR count). The molecular formula is C15H15N3OS. The molecule has 0 aliphatic rings. The van der Waals surface area contributed by atoms with Crippen LogP contribution < -0.4 is 5.32 Å². The molecule has 1 aromatic carbocycles. The molecule has 1 atom stereocenters. The number of imidazole rings is 1. The van der Waals surface area contributed by atoms with Crippen LogP contribution in [0.3, 0.4) is 0 Å². The van der Waals surface area contributed by atoms with Gasteiger partial charge in [0.1, 0.15) is 0 Å². The number of aromatic amines is 1. The van der Waals surface area contributed by atoms with Crippen LogP contribution in [0.1, 0.15) is 22.8 Å². The summed E-state index contributed by atoms with van der Waals surface area (Å²) in [6.45, 7) is 2.02. The van der Waals surface area contributed by atoms with Gasteiger partial charge in [-0.3, -0.25) is 4.79 Å². The van der Waals surface area contributed by atoms with Crippen LogP contribution in [0.25, 0.3) is 11.0 Å². The van der Waals surface area contributed by atoms with Gasteiger partial charge in [0.05, 0.1) is 17.4 Å². The second-order valence-corrected chi connectivity index (χ2v) is 5.62. The number of H-pyrrole nitrogens is 1. The van der Waals surface area contributed by atoms with E-state index in [9.17, 15) is 4.79 Å². The highest BCUT2D eigenvalue weighted by Gasteiger charge is 2.11. The summed E-state index contributed by atoms with van der Waals surface area (Å²) in [5, 5.41) is 7.18. The van der Waals surface area contributed by atoms with Gasteiger partial charge in [-0.15, -0.1) is 0 Å². The van der Waals surface area contributed by atoms with Gasteiger partial charge in [-0.25, -0.2) is 4.98 Å². The molecule has 0 bridgehead atoms. The molecule has 0 aliphatic carbocycles. The molecule has 0 spiro atoms. The highest BCUT2D eigenvalue weighted by Crippen LogP contribution is 2.12.